The Hall–Kier alpha value is -1.74. The van der Waals surface area contributed by atoms with Crippen LogP contribution in [0.25, 0.3) is 0 Å². The van der Waals surface area contributed by atoms with Crippen LogP contribution in [0, 0.1) is 20.8 Å². The summed E-state index contributed by atoms with van der Waals surface area (Å²) in [5.74, 6) is 0. The lowest BCUT2D eigenvalue weighted by atomic mass is 9.94. The molecular formula is C15H19N3. The fourth-order valence-corrected chi connectivity index (χ4v) is 2.25. The number of hydrogen-bond acceptors (Lipinski definition) is 3. The largest absolute Gasteiger partial charge is 0.309 e. The van der Waals surface area contributed by atoms with Gasteiger partial charge in [-0.1, -0.05) is 24.3 Å². The normalized spacial score (nSPS) is 12.4. The number of hydrogen-bond donors (Lipinski definition) is 1. The molecule has 3 heteroatoms. The Morgan fingerprint density at radius 3 is 2.39 bits per heavy atom. The molecule has 0 radical (unpaired) electrons. The van der Waals surface area contributed by atoms with Gasteiger partial charge in [-0.05, 0) is 50.6 Å². The first kappa shape index (κ1) is 12.7. The van der Waals surface area contributed by atoms with Crippen molar-refractivity contribution in [3.63, 3.8) is 0 Å². The van der Waals surface area contributed by atoms with E-state index in [1.807, 2.05) is 20.9 Å². The van der Waals surface area contributed by atoms with E-state index in [0.717, 1.165) is 11.4 Å². The SMILES string of the molecule is CNC(c1ccccc1C)c1cc(C)nnc1C. The molecule has 0 aliphatic carbocycles. The predicted molar refractivity (Wildman–Crippen MR) is 73.6 cm³/mol. The van der Waals surface area contributed by atoms with Crippen molar-refractivity contribution < 1.29 is 0 Å². The highest BCUT2D eigenvalue weighted by Crippen LogP contribution is 2.26. The molecule has 0 aliphatic heterocycles. The number of aromatic nitrogens is 2. The van der Waals surface area contributed by atoms with Gasteiger partial charge in [0.15, 0.2) is 0 Å². The molecule has 2 aromatic rings. The first-order valence-electron chi connectivity index (χ1n) is 6.17. The molecule has 94 valence electrons. The van der Waals surface area contributed by atoms with Gasteiger partial charge in [0.2, 0.25) is 0 Å². The zero-order valence-electron chi connectivity index (χ0n) is 11.4. The Morgan fingerprint density at radius 2 is 1.72 bits per heavy atom. The smallest absolute Gasteiger partial charge is 0.0651 e. The van der Waals surface area contributed by atoms with Crippen LogP contribution in [0.2, 0.25) is 0 Å². The van der Waals surface area contributed by atoms with Crippen LogP contribution < -0.4 is 5.32 Å². The highest BCUT2D eigenvalue weighted by molar-refractivity contribution is 5.38. The van der Waals surface area contributed by atoms with Crippen LogP contribution in [0.4, 0.5) is 0 Å². The van der Waals surface area contributed by atoms with Gasteiger partial charge in [-0.15, -0.1) is 0 Å². The van der Waals surface area contributed by atoms with Gasteiger partial charge < -0.3 is 5.32 Å². The van der Waals surface area contributed by atoms with Gasteiger partial charge in [0.1, 0.15) is 0 Å². The minimum atomic E-state index is 0.167. The number of aryl methyl sites for hydroxylation is 3. The Balaban J connectivity index is 2.52. The summed E-state index contributed by atoms with van der Waals surface area (Å²) in [5.41, 5.74) is 5.69. The first-order chi connectivity index (χ1) is 8.63. The average Bonchev–Trinajstić information content (AvgIpc) is 2.36. The number of rotatable bonds is 3. The fraction of sp³-hybridized carbons (Fsp3) is 0.333. The summed E-state index contributed by atoms with van der Waals surface area (Å²) in [7, 11) is 1.98. The Labute approximate surface area is 108 Å². The number of benzene rings is 1. The summed E-state index contributed by atoms with van der Waals surface area (Å²) < 4.78 is 0. The van der Waals surface area contributed by atoms with Crippen molar-refractivity contribution in [2.24, 2.45) is 0 Å². The molecule has 0 aliphatic rings. The topological polar surface area (TPSA) is 37.8 Å². The molecule has 1 N–H and O–H groups in total. The van der Waals surface area contributed by atoms with Crippen LogP contribution in [-0.4, -0.2) is 17.2 Å². The molecule has 0 spiro atoms. The lowest BCUT2D eigenvalue weighted by Gasteiger charge is -2.20. The monoisotopic (exact) mass is 241 g/mol. The van der Waals surface area contributed by atoms with Gasteiger partial charge in [-0.25, -0.2) is 0 Å². The van der Waals surface area contributed by atoms with Gasteiger partial charge >= 0.3 is 0 Å². The van der Waals surface area contributed by atoms with Crippen molar-refractivity contribution in [3.05, 3.63) is 58.4 Å². The number of nitrogens with zero attached hydrogens (tertiary/aromatic N) is 2. The molecule has 0 saturated carbocycles. The molecule has 1 unspecified atom stereocenters. The maximum atomic E-state index is 4.21. The van der Waals surface area contributed by atoms with Crippen molar-refractivity contribution in [2.45, 2.75) is 26.8 Å². The molecule has 1 heterocycles. The van der Waals surface area contributed by atoms with Crippen LogP contribution in [0.3, 0.4) is 0 Å². The highest BCUT2D eigenvalue weighted by Gasteiger charge is 2.17. The molecule has 18 heavy (non-hydrogen) atoms. The standard InChI is InChI=1S/C15H19N3/c1-10-7-5-6-8-13(10)15(16-4)14-9-11(2)17-18-12(14)3/h5-9,15-16H,1-4H3. The van der Waals surface area contributed by atoms with Crippen molar-refractivity contribution in [2.75, 3.05) is 7.05 Å². The Kier molecular flexibility index (Phi) is 3.72. The van der Waals surface area contributed by atoms with E-state index in [1.165, 1.54) is 16.7 Å². The van der Waals surface area contributed by atoms with Crippen LogP contribution in [0.1, 0.15) is 34.1 Å². The lowest BCUT2D eigenvalue weighted by molar-refractivity contribution is 0.671. The van der Waals surface area contributed by atoms with Crippen molar-refractivity contribution in [1.29, 1.82) is 0 Å². The summed E-state index contributed by atoms with van der Waals surface area (Å²) >= 11 is 0. The predicted octanol–water partition coefficient (Wildman–Crippen LogP) is 2.71. The van der Waals surface area contributed by atoms with Gasteiger partial charge in [0.25, 0.3) is 0 Å². The first-order valence-corrected chi connectivity index (χ1v) is 6.17. The summed E-state index contributed by atoms with van der Waals surface area (Å²) in [4.78, 5) is 0. The summed E-state index contributed by atoms with van der Waals surface area (Å²) in [6.45, 7) is 6.11. The van der Waals surface area contributed by atoms with E-state index in [2.05, 4.69) is 52.8 Å². The van der Waals surface area contributed by atoms with Crippen LogP contribution >= 0.6 is 0 Å². The molecule has 1 aromatic heterocycles. The third-order valence-corrected chi connectivity index (χ3v) is 3.24. The summed E-state index contributed by atoms with van der Waals surface area (Å²) in [6.07, 6.45) is 0. The third kappa shape index (κ3) is 2.41. The van der Waals surface area contributed by atoms with Crippen LogP contribution in [0.5, 0.6) is 0 Å². The maximum Gasteiger partial charge on any atom is 0.0651 e. The average molecular weight is 241 g/mol. The minimum absolute atomic E-state index is 0.167. The second kappa shape index (κ2) is 5.27. The van der Waals surface area contributed by atoms with E-state index < -0.39 is 0 Å². The van der Waals surface area contributed by atoms with E-state index in [-0.39, 0.29) is 6.04 Å². The van der Waals surface area contributed by atoms with E-state index in [1.54, 1.807) is 0 Å². The molecule has 2 rings (SSSR count). The van der Waals surface area contributed by atoms with E-state index in [4.69, 9.17) is 0 Å². The molecule has 1 aromatic carbocycles. The number of nitrogens with one attached hydrogen (secondary N) is 1. The quantitative estimate of drug-likeness (QED) is 0.897. The second-order valence-corrected chi connectivity index (χ2v) is 4.60. The Morgan fingerprint density at radius 1 is 1.00 bits per heavy atom. The van der Waals surface area contributed by atoms with E-state index in [0.29, 0.717) is 0 Å². The van der Waals surface area contributed by atoms with Crippen molar-refractivity contribution in [3.8, 4) is 0 Å². The molecule has 0 fully saturated rings. The molecule has 3 nitrogen and oxygen atoms in total. The lowest BCUT2D eigenvalue weighted by Crippen LogP contribution is -2.20. The van der Waals surface area contributed by atoms with Gasteiger partial charge in [0, 0.05) is 0 Å². The molecule has 0 amide bonds. The third-order valence-electron chi connectivity index (χ3n) is 3.24. The zero-order chi connectivity index (χ0) is 13.1. The zero-order valence-corrected chi connectivity index (χ0v) is 11.4. The van der Waals surface area contributed by atoms with E-state index in [9.17, 15) is 0 Å². The van der Waals surface area contributed by atoms with Crippen LogP contribution in [-0.2, 0) is 0 Å². The molecule has 1 atom stereocenters. The molecule has 0 saturated heterocycles. The fourth-order valence-electron chi connectivity index (χ4n) is 2.25. The molecule has 0 bridgehead atoms. The van der Waals surface area contributed by atoms with Gasteiger partial charge in [0.05, 0.1) is 17.4 Å². The maximum absolute atomic E-state index is 4.21. The van der Waals surface area contributed by atoms with Crippen molar-refractivity contribution in [1.82, 2.24) is 15.5 Å². The van der Waals surface area contributed by atoms with Gasteiger partial charge in [-0.3, -0.25) is 0 Å². The Bertz CT molecular complexity index is 549. The minimum Gasteiger partial charge on any atom is -0.309 e. The van der Waals surface area contributed by atoms with Gasteiger partial charge in [-0.2, -0.15) is 10.2 Å². The van der Waals surface area contributed by atoms with E-state index >= 15 is 0 Å². The van der Waals surface area contributed by atoms with Crippen LogP contribution in [0.15, 0.2) is 30.3 Å². The second-order valence-electron chi connectivity index (χ2n) is 4.60. The summed E-state index contributed by atoms with van der Waals surface area (Å²) in [6, 6.07) is 10.7. The highest BCUT2D eigenvalue weighted by atomic mass is 15.1. The molecular weight excluding hydrogens is 222 g/mol. The summed E-state index contributed by atoms with van der Waals surface area (Å²) in [5, 5.41) is 11.7. The van der Waals surface area contributed by atoms with Crippen molar-refractivity contribution >= 4 is 0 Å².